The van der Waals surface area contributed by atoms with Crippen molar-refractivity contribution in [2.75, 3.05) is 4.90 Å². The Bertz CT molecular complexity index is 659. The van der Waals surface area contributed by atoms with Gasteiger partial charge in [-0.25, -0.2) is 4.98 Å². The number of rotatable bonds is 2. The molecule has 0 N–H and O–H groups in total. The second-order valence-electron chi connectivity index (χ2n) is 3.98. The lowest BCUT2D eigenvalue weighted by Crippen LogP contribution is -2.38. The Morgan fingerprint density at radius 2 is 1.81 bits per heavy atom. The highest BCUT2D eigenvalue weighted by Gasteiger charge is 2.31. The third-order valence-corrected chi connectivity index (χ3v) is 2.82. The molecule has 0 saturated carbocycles. The normalized spacial score (nSPS) is 11.2. The van der Waals surface area contributed by atoms with Gasteiger partial charge in [-0.15, -0.1) is 0 Å². The molecule has 0 spiro atoms. The Morgan fingerprint density at radius 3 is 2.33 bits per heavy atom. The Kier molecular flexibility index (Phi) is 4.04. The lowest BCUT2D eigenvalue weighted by Gasteiger charge is -2.24. The van der Waals surface area contributed by atoms with E-state index in [0.29, 0.717) is 16.0 Å². The minimum atomic E-state index is -4.60. The third-order valence-electron chi connectivity index (χ3n) is 2.57. The van der Waals surface area contributed by atoms with Crippen LogP contribution in [0, 0.1) is 0 Å². The molecule has 1 amide bonds. The van der Waals surface area contributed by atoms with Crippen molar-refractivity contribution in [3.05, 3.63) is 53.2 Å². The van der Waals surface area contributed by atoms with Crippen LogP contribution < -0.4 is 10.0 Å². The number of halogens is 4. The van der Waals surface area contributed by atoms with E-state index in [1.54, 1.807) is 0 Å². The van der Waals surface area contributed by atoms with Gasteiger partial charge in [0.25, 0.3) is 0 Å². The molecule has 1 aromatic carbocycles. The number of aromatic nitrogens is 1. The Balaban J connectivity index is 2.49. The van der Waals surface area contributed by atoms with E-state index in [4.69, 9.17) is 11.6 Å². The van der Waals surface area contributed by atoms with Crippen molar-refractivity contribution < 1.29 is 23.1 Å². The summed E-state index contributed by atoms with van der Waals surface area (Å²) in [6, 6.07) is 6.85. The van der Waals surface area contributed by atoms with E-state index in [9.17, 15) is 23.1 Å². The number of hydrogen-bond acceptors (Lipinski definition) is 3. The van der Waals surface area contributed by atoms with Crippen molar-refractivity contribution in [3.8, 4) is 0 Å². The molecule has 0 unspecified atom stereocenters. The molecule has 0 atom stereocenters. The third kappa shape index (κ3) is 3.43. The van der Waals surface area contributed by atoms with Crippen molar-refractivity contribution in [2.24, 2.45) is 0 Å². The monoisotopic (exact) mass is 315 g/mol. The number of benzene rings is 1. The molecule has 0 radical (unpaired) electrons. The van der Waals surface area contributed by atoms with Gasteiger partial charge in [0.05, 0.1) is 5.56 Å². The summed E-state index contributed by atoms with van der Waals surface area (Å²) in [7, 11) is 0. The largest absolute Gasteiger partial charge is 0.529 e. The molecule has 0 aliphatic carbocycles. The first-order chi connectivity index (χ1) is 9.79. The molecule has 110 valence electrons. The molecule has 0 saturated heterocycles. The van der Waals surface area contributed by atoms with Crippen LogP contribution in [0.25, 0.3) is 0 Å². The van der Waals surface area contributed by atoms with Gasteiger partial charge in [0.1, 0.15) is 11.9 Å². The number of hydrogen-bond donors (Lipinski definition) is 0. The maximum Gasteiger partial charge on any atom is 0.416 e. The van der Waals surface area contributed by atoms with Gasteiger partial charge in [-0.3, -0.25) is 4.90 Å². The van der Waals surface area contributed by atoms with Crippen LogP contribution in [-0.2, 0) is 6.18 Å². The van der Waals surface area contributed by atoms with Gasteiger partial charge in [0, 0.05) is 16.9 Å². The van der Waals surface area contributed by atoms with Crippen LogP contribution in [0.1, 0.15) is 5.56 Å². The number of carbonyl (C=O) groups excluding carboxylic acids is 1. The molecule has 2 aromatic rings. The first-order valence-electron chi connectivity index (χ1n) is 5.59. The summed E-state index contributed by atoms with van der Waals surface area (Å²) in [5.41, 5.74) is -0.932. The smallest absolute Gasteiger partial charge is 0.416 e. The highest BCUT2D eigenvalue weighted by atomic mass is 35.5. The van der Waals surface area contributed by atoms with Gasteiger partial charge in [-0.1, -0.05) is 11.6 Å². The van der Waals surface area contributed by atoms with E-state index >= 15 is 0 Å². The number of nitrogens with zero attached hydrogens (tertiary/aromatic N) is 2. The average Bonchev–Trinajstić information content (AvgIpc) is 2.40. The molecular formula is C13H7ClF3N2O2-. The number of carboxylic acid groups (broad SMARTS) is 1. The van der Waals surface area contributed by atoms with Crippen LogP contribution in [0.5, 0.6) is 0 Å². The van der Waals surface area contributed by atoms with Crippen molar-refractivity contribution in [1.82, 2.24) is 4.98 Å². The fourth-order valence-electron chi connectivity index (χ4n) is 1.64. The van der Waals surface area contributed by atoms with Crippen molar-refractivity contribution in [1.29, 1.82) is 0 Å². The molecule has 0 aliphatic heterocycles. The van der Waals surface area contributed by atoms with Crippen LogP contribution in [-0.4, -0.2) is 11.1 Å². The zero-order valence-electron chi connectivity index (χ0n) is 10.3. The number of anilines is 2. The second-order valence-corrected chi connectivity index (χ2v) is 4.41. The van der Waals surface area contributed by atoms with Crippen LogP contribution in [0.4, 0.5) is 29.5 Å². The quantitative estimate of drug-likeness (QED) is 0.855. The second kappa shape index (κ2) is 5.61. The number of alkyl halides is 3. The van der Waals surface area contributed by atoms with E-state index in [1.807, 2.05) is 0 Å². The van der Waals surface area contributed by atoms with Crippen molar-refractivity contribution in [3.63, 3.8) is 0 Å². The highest BCUT2D eigenvalue weighted by molar-refractivity contribution is 6.30. The maximum atomic E-state index is 12.7. The summed E-state index contributed by atoms with van der Waals surface area (Å²) >= 11 is 5.68. The van der Waals surface area contributed by atoms with Crippen LogP contribution in [0.2, 0.25) is 5.02 Å². The Morgan fingerprint density at radius 1 is 1.19 bits per heavy atom. The zero-order chi connectivity index (χ0) is 15.6. The first kappa shape index (κ1) is 15.1. The predicted molar refractivity (Wildman–Crippen MR) is 68.2 cm³/mol. The Hall–Kier alpha value is -2.28. The lowest BCUT2D eigenvalue weighted by molar-refractivity contribution is -0.245. The van der Waals surface area contributed by atoms with Crippen LogP contribution in [0.15, 0.2) is 42.6 Å². The number of carbonyl (C=O) groups is 1. The molecule has 1 heterocycles. The fourth-order valence-corrected chi connectivity index (χ4v) is 1.76. The summed E-state index contributed by atoms with van der Waals surface area (Å²) < 4.78 is 38.0. The Labute approximate surface area is 122 Å². The van der Waals surface area contributed by atoms with E-state index < -0.39 is 23.7 Å². The SMILES string of the molecule is O=C([O-])N(c1ccc(Cl)cc1)c1cc(C(F)(F)F)ccn1. The minimum absolute atomic E-state index is 0.0752. The molecule has 1 aromatic heterocycles. The summed E-state index contributed by atoms with van der Waals surface area (Å²) in [5, 5.41) is 11.6. The molecule has 0 bridgehead atoms. The molecule has 21 heavy (non-hydrogen) atoms. The van der Waals surface area contributed by atoms with Gasteiger partial charge < -0.3 is 9.90 Å². The molecular weight excluding hydrogens is 309 g/mol. The molecule has 0 fully saturated rings. The summed E-state index contributed by atoms with van der Waals surface area (Å²) in [5.74, 6) is -0.410. The lowest BCUT2D eigenvalue weighted by atomic mass is 10.2. The average molecular weight is 316 g/mol. The van der Waals surface area contributed by atoms with Crippen molar-refractivity contribution >= 4 is 29.2 Å². The van der Waals surface area contributed by atoms with E-state index in [1.165, 1.54) is 24.3 Å². The fraction of sp³-hybridized carbons (Fsp3) is 0.0769. The van der Waals surface area contributed by atoms with Gasteiger partial charge in [-0.05, 0) is 36.4 Å². The number of amides is 1. The molecule has 4 nitrogen and oxygen atoms in total. The molecule has 2 rings (SSSR count). The highest BCUT2D eigenvalue weighted by Crippen LogP contribution is 2.32. The van der Waals surface area contributed by atoms with Crippen molar-refractivity contribution in [2.45, 2.75) is 6.18 Å². The van der Waals surface area contributed by atoms with Crippen LogP contribution in [0.3, 0.4) is 0 Å². The van der Waals surface area contributed by atoms with E-state index in [2.05, 4.69) is 4.98 Å². The predicted octanol–water partition coefficient (Wildman–Crippen LogP) is 3.24. The van der Waals surface area contributed by atoms with Gasteiger partial charge in [-0.2, -0.15) is 13.2 Å². The number of pyridine rings is 1. The van der Waals surface area contributed by atoms with Gasteiger partial charge >= 0.3 is 6.18 Å². The molecule has 0 aliphatic rings. The zero-order valence-corrected chi connectivity index (χ0v) is 11.0. The summed E-state index contributed by atoms with van der Waals surface area (Å²) in [6.45, 7) is 0. The molecule has 8 heteroatoms. The minimum Gasteiger partial charge on any atom is -0.529 e. The summed E-state index contributed by atoms with van der Waals surface area (Å²) in [6.07, 6.45) is -5.43. The van der Waals surface area contributed by atoms with Gasteiger partial charge in [0.2, 0.25) is 0 Å². The first-order valence-corrected chi connectivity index (χ1v) is 5.97. The van der Waals surface area contributed by atoms with Gasteiger partial charge in [0.15, 0.2) is 0 Å². The topological polar surface area (TPSA) is 56.3 Å². The van der Waals surface area contributed by atoms with E-state index in [-0.39, 0.29) is 5.69 Å². The van der Waals surface area contributed by atoms with E-state index in [0.717, 1.165) is 12.3 Å². The maximum absolute atomic E-state index is 12.7. The van der Waals surface area contributed by atoms with Crippen LogP contribution >= 0.6 is 11.6 Å². The standard InChI is InChI=1S/C13H8ClF3N2O2/c14-9-1-3-10(4-2-9)19(12(20)21)11-7-8(5-6-18-11)13(15,16)17/h1-7H,(H,20,21)/p-1. The summed E-state index contributed by atoms with van der Waals surface area (Å²) in [4.78, 5) is 15.4.